The lowest BCUT2D eigenvalue weighted by Gasteiger charge is -2.06. The minimum atomic E-state index is -0.699. The molecule has 1 aromatic carbocycles. The van der Waals surface area contributed by atoms with Crippen LogP contribution in [0.25, 0.3) is 0 Å². The second-order valence-electron chi connectivity index (χ2n) is 3.87. The SMILES string of the molecule is CCCn1ccnc1C(=O)c1cccc(Cl)c1F. The van der Waals surface area contributed by atoms with Gasteiger partial charge in [-0.2, -0.15) is 0 Å². The van der Waals surface area contributed by atoms with Crippen molar-refractivity contribution < 1.29 is 9.18 Å². The Morgan fingerprint density at radius 2 is 2.28 bits per heavy atom. The number of benzene rings is 1. The van der Waals surface area contributed by atoms with E-state index in [0.29, 0.717) is 6.54 Å². The number of hydrogen-bond acceptors (Lipinski definition) is 2. The molecule has 0 atom stereocenters. The largest absolute Gasteiger partial charge is 0.328 e. The van der Waals surface area contributed by atoms with E-state index in [0.717, 1.165) is 6.42 Å². The number of aromatic nitrogens is 2. The molecule has 0 saturated carbocycles. The maximum Gasteiger partial charge on any atom is 0.231 e. The molecule has 0 saturated heterocycles. The van der Waals surface area contributed by atoms with Crippen LogP contribution in [0.3, 0.4) is 0 Å². The fourth-order valence-electron chi connectivity index (χ4n) is 1.74. The van der Waals surface area contributed by atoms with Crippen LogP contribution in [-0.2, 0) is 6.54 Å². The van der Waals surface area contributed by atoms with Crippen molar-refractivity contribution in [3.8, 4) is 0 Å². The van der Waals surface area contributed by atoms with E-state index in [1.165, 1.54) is 18.3 Å². The third-order valence-electron chi connectivity index (χ3n) is 2.58. The predicted octanol–water partition coefficient (Wildman–Crippen LogP) is 3.32. The Kier molecular flexibility index (Phi) is 3.77. The van der Waals surface area contributed by atoms with Gasteiger partial charge in [-0.25, -0.2) is 9.37 Å². The van der Waals surface area contributed by atoms with Crippen LogP contribution in [0.4, 0.5) is 4.39 Å². The summed E-state index contributed by atoms with van der Waals surface area (Å²) in [7, 11) is 0. The van der Waals surface area contributed by atoms with E-state index < -0.39 is 11.6 Å². The standard InChI is InChI=1S/C13H12ClFN2O/c1-2-7-17-8-6-16-13(17)12(18)9-4-3-5-10(14)11(9)15/h3-6,8H,2,7H2,1H3. The fourth-order valence-corrected chi connectivity index (χ4v) is 1.91. The number of carbonyl (C=O) groups excluding carboxylic acids is 1. The minimum Gasteiger partial charge on any atom is -0.328 e. The molecule has 18 heavy (non-hydrogen) atoms. The molecule has 2 aromatic rings. The van der Waals surface area contributed by atoms with Gasteiger partial charge in [-0.3, -0.25) is 4.79 Å². The first kappa shape index (κ1) is 12.8. The molecule has 0 amide bonds. The zero-order valence-corrected chi connectivity index (χ0v) is 10.6. The predicted molar refractivity (Wildman–Crippen MR) is 67.4 cm³/mol. The van der Waals surface area contributed by atoms with Crippen LogP contribution < -0.4 is 0 Å². The number of ketones is 1. The fraction of sp³-hybridized carbons (Fsp3) is 0.231. The summed E-state index contributed by atoms with van der Waals surface area (Å²) in [6.45, 7) is 2.66. The Balaban J connectivity index is 2.42. The maximum absolute atomic E-state index is 13.8. The molecule has 1 aromatic heterocycles. The number of nitrogens with zero attached hydrogens (tertiary/aromatic N) is 2. The van der Waals surface area contributed by atoms with Crippen LogP contribution in [0.15, 0.2) is 30.6 Å². The zero-order valence-electron chi connectivity index (χ0n) is 9.86. The van der Waals surface area contributed by atoms with E-state index in [1.54, 1.807) is 16.8 Å². The summed E-state index contributed by atoms with van der Waals surface area (Å²) in [6.07, 6.45) is 4.11. The first-order chi connectivity index (χ1) is 8.65. The molecule has 0 fully saturated rings. The molecule has 2 rings (SSSR count). The lowest BCUT2D eigenvalue weighted by Crippen LogP contribution is -2.12. The van der Waals surface area contributed by atoms with Crippen LogP contribution in [-0.4, -0.2) is 15.3 Å². The van der Waals surface area contributed by atoms with Gasteiger partial charge in [0.1, 0.15) is 0 Å². The third-order valence-corrected chi connectivity index (χ3v) is 2.87. The summed E-state index contributed by atoms with van der Waals surface area (Å²) in [4.78, 5) is 16.2. The molecule has 0 aliphatic carbocycles. The zero-order chi connectivity index (χ0) is 13.1. The monoisotopic (exact) mass is 266 g/mol. The highest BCUT2D eigenvalue weighted by Gasteiger charge is 2.19. The number of carbonyl (C=O) groups is 1. The van der Waals surface area contributed by atoms with Gasteiger partial charge in [0.25, 0.3) is 0 Å². The topological polar surface area (TPSA) is 34.9 Å². The molecule has 0 unspecified atom stereocenters. The minimum absolute atomic E-state index is 0.0500. The molecule has 0 radical (unpaired) electrons. The van der Waals surface area contributed by atoms with E-state index in [2.05, 4.69) is 4.98 Å². The van der Waals surface area contributed by atoms with E-state index in [1.807, 2.05) is 6.92 Å². The van der Waals surface area contributed by atoms with Gasteiger partial charge in [0.05, 0.1) is 10.6 Å². The van der Waals surface area contributed by atoms with E-state index in [4.69, 9.17) is 11.6 Å². The Hall–Kier alpha value is -1.68. The molecule has 0 spiro atoms. The first-order valence-corrected chi connectivity index (χ1v) is 6.02. The first-order valence-electron chi connectivity index (χ1n) is 5.65. The maximum atomic E-state index is 13.8. The number of hydrogen-bond donors (Lipinski definition) is 0. The summed E-state index contributed by atoms with van der Waals surface area (Å²) in [6, 6.07) is 4.37. The molecule has 5 heteroatoms. The van der Waals surface area contributed by atoms with Gasteiger partial charge in [0.2, 0.25) is 5.78 Å². The summed E-state index contributed by atoms with van der Waals surface area (Å²) in [5.41, 5.74) is -0.0500. The molecule has 0 bridgehead atoms. The highest BCUT2D eigenvalue weighted by atomic mass is 35.5. The lowest BCUT2D eigenvalue weighted by atomic mass is 10.1. The summed E-state index contributed by atoms with van der Waals surface area (Å²) in [5, 5.41) is -0.0607. The number of imidazole rings is 1. The van der Waals surface area contributed by atoms with Crippen molar-refractivity contribution in [2.24, 2.45) is 0 Å². The van der Waals surface area contributed by atoms with Crippen molar-refractivity contribution in [1.29, 1.82) is 0 Å². The van der Waals surface area contributed by atoms with E-state index >= 15 is 0 Å². The van der Waals surface area contributed by atoms with Crippen molar-refractivity contribution in [2.45, 2.75) is 19.9 Å². The van der Waals surface area contributed by atoms with E-state index in [9.17, 15) is 9.18 Å². The van der Waals surface area contributed by atoms with Crippen molar-refractivity contribution in [3.63, 3.8) is 0 Å². The highest BCUT2D eigenvalue weighted by molar-refractivity contribution is 6.31. The second kappa shape index (κ2) is 5.31. The van der Waals surface area contributed by atoms with E-state index in [-0.39, 0.29) is 16.4 Å². The van der Waals surface area contributed by atoms with Gasteiger partial charge >= 0.3 is 0 Å². The van der Waals surface area contributed by atoms with Gasteiger partial charge in [-0.05, 0) is 18.6 Å². The summed E-state index contributed by atoms with van der Waals surface area (Å²) >= 11 is 5.67. The van der Waals surface area contributed by atoms with Crippen LogP contribution >= 0.6 is 11.6 Å². The van der Waals surface area contributed by atoms with Crippen LogP contribution in [0.5, 0.6) is 0 Å². The van der Waals surface area contributed by atoms with Crippen molar-refractivity contribution >= 4 is 17.4 Å². The molecule has 94 valence electrons. The quantitative estimate of drug-likeness (QED) is 0.796. The van der Waals surface area contributed by atoms with Gasteiger partial charge < -0.3 is 4.57 Å². The number of rotatable bonds is 4. The van der Waals surface area contributed by atoms with Crippen molar-refractivity contribution in [1.82, 2.24) is 9.55 Å². The van der Waals surface area contributed by atoms with Crippen molar-refractivity contribution in [3.05, 3.63) is 52.8 Å². The smallest absolute Gasteiger partial charge is 0.231 e. The Bertz CT molecular complexity index is 580. The van der Waals surface area contributed by atoms with Crippen LogP contribution in [0.1, 0.15) is 29.5 Å². The summed E-state index contributed by atoms with van der Waals surface area (Å²) in [5.74, 6) is -0.915. The average molecular weight is 267 g/mol. The number of aryl methyl sites for hydroxylation is 1. The molecule has 0 aliphatic rings. The van der Waals surface area contributed by atoms with Gasteiger partial charge in [0, 0.05) is 18.9 Å². The normalized spacial score (nSPS) is 10.6. The lowest BCUT2D eigenvalue weighted by molar-refractivity contribution is 0.102. The average Bonchev–Trinajstić information content (AvgIpc) is 2.80. The highest BCUT2D eigenvalue weighted by Crippen LogP contribution is 2.20. The Labute approximate surface area is 109 Å². The van der Waals surface area contributed by atoms with Crippen molar-refractivity contribution in [2.75, 3.05) is 0 Å². The molecule has 0 N–H and O–H groups in total. The van der Waals surface area contributed by atoms with Crippen LogP contribution in [0.2, 0.25) is 5.02 Å². The molecule has 1 heterocycles. The Morgan fingerprint density at radius 3 is 3.00 bits per heavy atom. The van der Waals surface area contributed by atoms with Crippen LogP contribution in [0, 0.1) is 5.82 Å². The van der Waals surface area contributed by atoms with Gasteiger partial charge in [-0.1, -0.05) is 24.6 Å². The Morgan fingerprint density at radius 1 is 1.50 bits per heavy atom. The molecular formula is C13H12ClFN2O. The third kappa shape index (κ3) is 2.29. The molecule has 0 aliphatic heterocycles. The summed E-state index contributed by atoms with van der Waals surface area (Å²) < 4.78 is 15.5. The second-order valence-corrected chi connectivity index (χ2v) is 4.28. The number of halogens is 2. The molecule has 3 nitrogen and oxygen atoms in total. The molecular weight excluding hydrogens is 255 g/mol. The van der Waals surface area contributed by atoms with Gasteiger partial charge in [0.15, 0.2) is 11.6 Å². The van der Waals surface area contributed by atoms with Gasteiger partial charge in [-0.15, -0.1) is 0 Å².